The lowest BCUT2D eigenvalue weighted by Crippen LogP contribution is -2.63. The SMILES string of the molecule is CCC1(CC)CN(c2c(Cl)cc(F)cc2Cl)C(C)CN1. The van der Waals surface area contributed by atoms with Gasteiger partial charge in [-0.25, -0.2) is 4.39 Å². The Bertz CT molecular complexity index is 466. The number of hydrogen-bond acceptors (Lipinski definition) is 2. The molecule has 5 heteroatoms. The van der Waals surface area contributed by atoms with Gasteiger partial charge in [0.25, 0.3) is 0 Å². The first-order valence-electron chi connectivity index (χ1n) is 7.08. The average molecular weight is 319 g/mol. The second kappa shape index (κ2) is 6.08. The summed E-state index contributed by atoms with van der Waals surface area (Å²) in [4.78, 5) is 2.20. The number of nitrogens with one attached hydrogen (secondary N) is 1. The predicted molar refractivity (Wildman–Crippen MR) is 84.5 cm³/mol. The zero-order chi connectivity index (χ0) is 14.9. The third-order valence-electron chi connectivity index (χ3n) is 4.40. The summed E-state index contributed by atoms with van der Waals surface area (Å²) in [5, 5.41) is 4.39. The van der Waals surface area contributed by atoms with Crippen molar-refractivity contribution in [3.05, 3.63) is 28.0 Å². The van der Waals surface area contributed by atoms with E-state index in [1.54, 1.807) is 0 Å². The maximum atomic E-state index is 13.4. The minimum Gasteiger partial charge on any atom is -0.363 e. The van der Waals surface area contributed by atoms with Crippen LogP contribution < -0.4 is 10.2 Å². The maximum absolute atomic E-state index is 13.4. The molecule has 1 atom stereocenters. The van der Waals surface area contributed by atoms with Crippen LogP contribution in [-0.4, -0.2) is 24.7 Å². The Hall–Kier alpha value is -0.510. The number of benzene rings is 1. The van der Waals surface area contributed by atoms with E-state index in [4.69, 9.17) is 23.2 Å². The highest BCUT2D eigenvalue weighted by Gasteiger charge is 2.36. The van der Waals surface area contributed by atoms with Gasteiger partial charge < -0.3 is 10.2 Å². The van der Waals surface area contributed by atoms with Gasteiger partial charge in [-0.15, -0.1) is 0 Å². The van der Waals surface area contributed by atoms with E-state index in [1.165, 1.54) is 12.1 Å². The van der Waals surface area contributed by atoms with Crippen molar-refractivity contribution < 1.29 is 4.39 Å². The van der Waals surface area contributed by atoms with Gasteiger partial charge in [0.2, 0.25) is 0 Å². The molecule has 20 heavy (non-hydrogen) atoms. The molecule has 0 aromatic heterocycles. The summed E-state index contributed by atoms with van der Waals surface area (Å²) in [6.07, 6.45) is 2.06. The highest BCUT2D eigenvalue weighted by Crippen LogP contribution is 2.38. The summed E-state index contributed by atoms with van der Waals surface area (Å²) in [6, 6.07) is 2.93. The van der Waals surface area contributed by atoms with E-state index in [2.05, 4.69) is 31.0 Å². The van der Waals surface area contributed by atoms with E-state index >= 15 is 0 Å². The summed E-state index contributed by atoms with van der Waals surface area (Å²) in [6.45, 7) is 8.17. The van der Waals surface area contributed by atoms with Crippen molar-refractivity contribution in [3.63, 3.8) is 0 Å². The zero-order valence-electron chi connectivity index (χ0n) is 12.1. The molecule has 2 rings (SSSR count). The molecule has 0 bridgehead atoms. The quantitative estimate of drug-likeness (QED) is 0.883. The summed E-state index contributed by atoms with van der Waals surface area (Å²) in [5.74, 6) is -0.399. The largest absolute Gasteiger partial charge is 0.363 e. The van der Waals surface area contributed by atoms with Gasteiger partial charge in [0.15, 0.2) is 0 Å². The normalized spacial score (nSPS) is 22.1. The third-order valence-corrected chi connectivity index (χ3v) is 4.98. The Balaban J connectivity index is 2.40. The van der Waals surface area contributed by atoms with Gasteiger partial charge in [-0.1, -0.05) is 37.0 Å². The Kier molecular flexibility index (Phi) is 4.83. The fourth-order valence-corrected chi connectivity index (χ4v) is 3.52. The fraction of sp³-hybridized carbons (Fsp3) is 0.600. The smallest absolute Gasteiger partial charge is 0.126 e. The molecular formula is C15H21Cl2FN2. The summed E-state index contributed by atoms with van der Waals surface area (Å²) in [5.41, 5.74) is 0.808. The van der Waals surface area contributed by atoms with Gasteiger partial charge in [-0.05, 0) is 31.9 Å². The molecule has 0 saturated carbocycles. The molecule has 1 aliphatic heterocycles. The number of nitrogens with zero attached hydrogens (tertiary/aromatic N) is 1. The number of piperazine rings is 1. The van der Waals surface area contributed by atoms with Crippen molar-refractivity contribution in [1.82, 2.24) is 5.32 Å². The maximum Gasteiger partial charge on any atom is 0.126 e. The van der Waals surface area contributed by atoms with Crippen molar-refractivity contribution in [3.8, 4) is 0 Å². The fourth-order valence-electron chi connectivity index (χ4n) is 2.84. The molecule has 1 aromatic carbocycles. The molecule has 1 unspecified atom stereocenters. The first kappa shape index (κ1) is 15.9. The van der Waals surface area contributed by atoms with E-state index in [0.717, 1.165) is 31.6 Å². The third kappa shape index (κ3) is 2.90. The van der Waals surface area contributed by atoms with Gasteiger partial charge in [-0.2, -0.15) is 0 Å². The molecule has 0 spiro atoms. The molecule has 112 valence electrons. The van der Waals surface area contributed by atoms with E-state index in [0.29, 0.717) is 10.0 Å². The minimum atomic E-state index is -0.399. The Morgan fingerprint density at radius 3 is 2.35 bits per heavy atom. The number of rotatable bonds is 3. The standard InChI is InChI=1S/C15H21Cl2FN2/c1-4-15(5-2)9-20(10(3)8-19-15)14-12(16)6-11(18)7-13(14)17/h6-7,10,19H,4-5,8-9H2,1-3H3. The van der Waals surface area contributed by atoms with Crippen LogP contribution >= 0.6 is 23.2 Å². The molecule has 1 N–H and O–H groups in total. The van der Waals surface area contributed by atoms with Gasteiger partial charge in [0, 0.05) is 24.7 Å². The minimum absolute atomic E-state index is 0.0630. The number of halogens is 3. The van der Waals surface area contributed by atoms with Crippen molar-refractivity contribution in [2.75, 3.05) is 18.0 Å². The Morgan fingerprint density at radius 1 is 1.30 bits per heavy atom. The first-order valence-corrected chi connectivity index (χ1v) is 7.84. The van der Waals surface area contributed by atoms with Gasteiger partial charge in [0.1, 0.15) is 5.82 Å². The number of anilines is 1. The predicted octanol–water partition coefficient (Wildman–Crippen LogP) is 4.49. The van der Waals surface area contributed by atoms with Crippen LogP contribution in [-0.2, 0) is 0 Å². The lowest BCUT2D eigenvalue weighted by Gasteiger charge is -2.48. The van der Waals surface area contributed by atoms with Gasteiger partial charge in [0.05, 0.1) is 15.7 Å². The molecule has 1 fully saturated rings. The van der Waals surface area contributed by atoms with Crippen LogP contribution in [0.15, 0.2) is 12.1 Å². The van der Waals surface area contributed by atoms with Crippen LogP contribution in [0.4, 0.5) is 10.1 Å². The lowest BCUT2D eigenvalue weighted by molar-refractivity contribution is 0.254. The molecule has 1 aromatic rings. The average Bonchev–Trinajstić information content (AvgIpc) is 2.40. The molecule has 2 nitrogen and oxygen atoms in total. The van der Waals surface area contributed by atoms with Crippen LogP contribution in [0.3, 0.4) is 0 Å². The van der Waals surface area contributed by atoms with Crippen molar-refractivity contribution in [2.24, 2.45) is 0 Å². The topological polar surface area (TPSA) is 15.3 Å². The second-order valence-electron chi connectivity index (χ2n) is 5.56. The van der Waals surface area contributed by atoms with Crippen LogP contribution in [0.5, 0.6) is 0 Å². The summed E-state index contributed by atoms with van der Waals surface area (Å²) < 4.78 is 13.4. The number of hydrogen-bond donors (Lipinski definition) is 1. The van der Waals surface area contributed by atoms with Crippen molar-refractivity contribution in [1.29, 1.82) is 0 Å². The molecule has 0 radical (unpaired) electrons. The van der Waals surface area contributed by atoms with Gasteiger partial charge >= 0.3 is 0 Å². The molecule has 1 aliphatic rings. The van der Waals surface area contributed by atoms with E-state index in [1.807, 2.05) is 0 Å². The molecule has 1 heterocycles. The van der Waals surface area contributed by atoms with Crippen LogP contribution in [0, 0.1) is 5.82 Å². The molecule has 1 saturated heterocycles. The Morgan fingerprint density at radius 2 is 1.85 bits per heavy atom. The molecule has 0 amide bonds. The molecular weight excluding hydrogens is 298 g/mol. The highest BCUT2D eigenvalue weighted by atomic mass is 35.5. The van der Waals surface area contributed by atoms with Crippen LogP contribution in [0.25, 0.3) is 0 Å². The van der Waals surface area contributed by atoms with Crippen LogP contribution in [0.1, 0.15) is 33.6 Å². The highest BCUT2D eigenvalue weighted by molar-refractivity contribution is 6.39. The first-order chi connectivity index (χ1) is 9.42. The molecule has 0 aliphatic carbocycles. The van der Waals surface area contributed by atoms with Crippen molar-refractivity contribution in [2.45, 2.75) is 45.2 Å². The van der Waals surface area contributed by atoms with E-state index in [9.17, 15) is 4.39 Å². The Labute approximate surface area is 130 Å². The summed E-state index contributed by atoms with van der Waals surface area (Å²) >= 11 is 12.5. The van der Waals surface area contributed by atoms with E-state index in [-0.39, 0.29) is 11.6 Å². The van der Waals surface area contributed by atoms with Gasteiger partial charge in [-0.3, -0.25) is 0 Å². The van der Waals surface area contributed by atoms with E-state index < -0.39 is 5.82 Å². The van der Waals surface area contributed by atoms with Crippen molar-refractivity contribution >= 4 is 28.9 Å². The zero-order valence-corrected chi connectivity index (χ0v) is 13.7. The van der Waals surface area contributed by atoms with Crippen LogP contribution in [0.2, 0.25) is 10.0 Å². The lowest BCUT2D eigenvalue weighted by atomic mass is 9.88. The summed E-state index contributed by atoms with van der Waals surface area (Å²) in [7, 11) is 0. The second-order valence-corrected chi connectivity index (χ2v) is 6.38. The monoisotopic (exact) mass is 318 g/mol.